The van der Waals surface area contributed by atoms with Crippen molar-refractivity contribution in [3.63, 3.8) is 0 Å². The first kappa shape index (κ1) is 13.6. The Hall–Kier alpha value is -0.810. The van der Waals surface area contributed by atoms with E-state index in [2.05, 4.69) is 12.5 Å². The number of fused-ring (bicyclic) bond motifs is 1. The third kappa shape index (κ3) is 2.10. The molecule has 1 heterocycles. The fourth-order valence-electron chi connectivity index (χ4n) is 2.24. The van der Waals surface area contributed by atoms with Crippen molar-refractivity contribution in [3.8, 4) is 5.75 Å². The summed E-state index contributed by atoms with van der Waals surface area (Å²) in [6.45, 7) is 0.680. The highest BCUT2D eigenvalue weighted by molar-refractivity contribution is 8.16. The number of hydrogen-bond donors (Lipinski definition) is 0. The van der Waals surface area contributed by atoms with Crippen molar-refractivity contribution >= 4 is 29.5 Å². The van der Waals surface area contributed by atoms with E-state index < -0.39 is 0 Å². The van der Waals surface area contributed by atoms with Crippen LogP contribution in [-0.4, -0.2) is 32.2 Å². The molecule has 0 aromatic heterocycles. The van der Waals surface area contributed by atoms with Crippen LogP contribution in [0.4, 0.5) is 0 Å². The van der Waals surface area contributed by atoms with Crippen molar-refractivity contribution in [2.75, 3.05) is 26.2 Å². The van der Waals surface area contributed by atoms with Crippen LogP contribution in [0.5, 0.6) is 5.75 Å². The fourth-order valence-corrected chi connectivity index (χ4v) is 4.31. The number of carbonyl (C=O) groups excluding carboxylic acids is 1. The molecular formula is C13H16O3S2. The third-order valence-corrected chi connectivity index (χ3v) is 6.30. The van der Waals surface area contributed by atoms with Crippen molar-refractivity contribution < 1.29 is 14.3 Å². The Morgan fingerprint density at radius 1 is 1.39 bits per heavy atom. The maximum absolute atomic E-state index is 11.9. The van der Waals surface area contributed by atoms with E-state index in [1.54, 1.807) is 29.6 Å². The van der Waals surface area contributed by atoms with Crippen LogP contribution in [0.15, 0.2) is 18.2 Å². The molecule has 2 rings (SSSR count). The molecular weight excluding hydrogens is 268 g/mol. The molecule has 0 unspecified atom stereocenters. The highest BCUT2D eigenvalue weighted by Gasteiger charge is 2.40. The smallest absolute Gasteiger partial charge is 0.338 e. The maximum Gasteiger partial charge on any atom is 0.338 e. The number of ether oxygens (including phenoxy) is 2. The standard InChI is InChI=1S/C13H16O3S2/c1-15-12(14)9-5-4-6-10-11(9)13(17-2,18-3)7-8-16-10/h4-6H,7-8H2,1-3H3. The summed E-state index contributed by atoms with van der Waals surface area (Å²) in [4.78, 5) is 11.9. The molecule has 0 aliphatic carbocycles. The monoisotopic (exact) mass is 284 g/mol. The van der Waals surface area contributed by atoms with Crippen molar-refractivity contribution in [1.82, 2.24) is 0 Å². The molecule has 3 nitrogen and oxygen atoms in total. The number of esters is 1. The molecule has 1 aliphatic rings. The topological polar surface area (TPSA) is 35.5 Å². The van der Waals surface area contributed by atoms with E-state index in [1.165, 1.54) is 7.11 Å². The number of methoxy groups -OCH3 is 1. The largest absolute Gasteiger partial charge is 0.493 e. The normalized spacial score (nSPS) is 16.6. The Morgan fingerprint density at radius 3 is 2.72 bits per heavy atom. The second-order valence-corrected chi connectivity index (χ2v) is 6.40. The van der Waals surface area contributed by atoms with Gasteiger partial charge in [0.1, 0.15) is 5.75 Å². The minimum absolute atomic E-state index is 0.127. The lowest BCUT2D eigenvalue weighted by atomic mass is 9.99. The zero-order valence-corrected chi connectivity index (χ0v) is 12.3. The second kappa shape index (κ2) is 5.45. The van der Waals surface area contributed by atoms with Gasteiger partial charge in [0.2, 0.25) is 0 Å². The fraction of sp³-hybridized carbons (Fsp3) is 0.462. The average molecular weight is 284 g/mol. The number of rotatable bonds is 3. The number of carbonyl (C=O) groups is 1. The molecule has 0 amide bonds. The minimum Gasteiger partial charge on any atom is -0.493 e. The van der Waals surface area contributed by atoms with E-state index in [4.69, 9.17) is 9.47 Å². The predicted molar refractivity (Wildman–Crippen MR) is 76.6 cm³/mol. The van der Waals surface area contributed by atoms with Crippen LogP contribution in [0.3, 0.4) is 0 Å². The van der Waals surface area contributed by atoms with E-state index >= 15 is 0 Å². The van der Waals surface area contributed by atoms with Crippen LogP contribution < -0.4 is 4.74 Å². The molecule has 0 bridgehead atoms. The third-order valence-electron chi connectivity index (χ3n) is 3.16. The van der Waals surface area contributed by atoms with Gasteiger partial charge in [-0.3, -0.25) is 0 Å². The zero-order chi connectivity index (χ0) is 13.2. The van der Waals surface area contributed by atoms with Gasteiger partial charge in [-0.25, -0.2) is 4.79 Å². The van der Waals surface area contributed by atoms with Crippen LogP contribution in [-0.2, 0) is 8.82 Å². The molecule has 1 aliphatic heterocycles. The minimum atomic E-state index is -0.301. The van der Waals surface area contributed by atoms with Gasteiger partial charge in [-0.05, 0) is 24.6 Å². The highest BCUT2D eigenvalue weighted by atomic mass is 32.2. The van der Waals surface area contributed by atoms with E-state index in [0.29, 0.717) is 12.2 Å². The summed E-state index contributed by atoms with van der Waals surface area (Å²) in [5.41, 5.74) is 1.57. The van der Waals surface area contributed by atoms with Gasteiger partial charge in [-0.2, -0.15) is 0 Å². The van der Waals surface area contributed by atoms with Crippen LogP contribution >= 0.6 is 23.5 Å². The first-order chi connectivity index (χ1) is 8.68. The van der Waals surface area contributed by atoms with Gasteiger partial charge in [0.05, 0.1) is 23.4 Å². The van der Waals surface area contributed by atoms with Gasteiger partial charge in [-0.1, -0.05) is 6.07 Å². The van der Waals surface area contributed by atoms with E-state index in [-0.39, 0.29) is 10.0 Å². The number of benzene rings is 1. The molecule has 5 heteroatoms. The SMILES string of the molecule is COC(=O)c1cccc2c1C(SC)(SC)CCO2. The van der Waals surface area contributed by atoms with E-state index in [9.17, 15) is 4.79 Å². The van der Waals surface area contributed by atoms with Gasteiger partial charge in [0.25, 0.3) is 0 Å². The molecule has 0 saturated heterocycles. The summed E-state index contributed by atoms with van der Waals surface area (Å²) in [6, 6.07) is 5.56. The lowest BCUT2D eigenvalue weighted by Gasteiger charge is -2.37. The van der Waals surface area contributed by atoms with Gasteiger partial charge in [-0.15, -0.1) is 23.5 Å². The van der Waals surface area contributed by atoms with Gasteiger partial charge >= 0.3 is 5.97 Å². The first-order valence-electron chi connectivity index (χ1n) is 5.63. The highest BCUT2D eigenvalue weighted by Crippen LogP contribution is 2.53. The first-order valence-corrected chi connectivity index (χ1v) is 8.08. The molecule has 1 aromatic rings. The van der Waals surface area contributed by atoms with E-state index in [0.717, 1.165) is 17.7 Å². The number of hydrogen-bond acceptors (Lipinski definition) is 5. The van der Waals surface area contributed by atoms with Crippen LogP contribution in [0.25, 0.3) is 0 Å². The molecule has 98 valence electrons. The lowest BCUT2D eigenvalue weighted by Crippen LogP contribution is -2.29. The molecule has 18 heavy (non-hydrogen) atoms. The Balaban J connectivity index is 2.63. The summed E-state index contributed by atoms with van der Waals surface area (Å²) >= 11 is 3.51. The zero-order valence-electron chi connectivity index (χ0n) is 10.7. The second-order valence-electron chi connectivity index (χ2n) is 3.93. The maximum atomic E-state index is 11.9. The molecule has 0 fully saturated rings. The number of thioether (sulfide) groups is 2. The summed E-state index contributed by atoms with van der Waals surface area (Å²) in [7, 11) is 1.41. The summed E-state index contributed by atoms with van der Waals surface area (Å²) < 4.78 is 10.4. The molecule has 1 aromatic carbocycles. The summed E-state index contributed by atoms with van der Waals surface area (Å²) in [5.74, 6) is 0.498. The van der Waals surface area contributed by atoms with Crippen LogP contribution in [0.1, 0.15) is 22.3 Å². The quantitative estimate of drug-likeness (QED) is 0.629. The van der Waals surface area contributed by atoms with E-state index in [1.807, 2.05) is 12.1 Å². The molecule has 0 N–H and O–H groups in total. The Labute approximate surface area is 116 Å². The summed E-state index contributed by atoms with van der Waals surface area (Å²) in [6.07, 6.45) is 5.02. The predicted octanol–water partition coefficient (Wildman–Crippen LogP) is 3.13. The lowest BCUT2D eigenvalue weighted by molar-refractivity contribution is 0.0597. The molecule has 0 radical (unpaired) electrons. The Kier molecular flexibility index (Phi) is 4.12. The van der Waals surface area contributed by atoms with Gasteiger partial charge in [0, 0.05) is 12.0 Å². The van der Waals surface area contributed by atoms with Crippen LogP contribution in [0, 0.1) is 0 Å². The molecule has 0 spiro atoms. The molecule has 0 saturated carbocycles. The van der Waals surface area contributed by atoms with Crippen molar-refractivity contribution in [2.45, 2.75) is 10.5 Å². The van der Waals surface area contributed by atoms with Crippen molar-refractivity contribution in [3.05, 3.63) is 29.3 Å². The summed E-state index contributed by atoms with van der Waals surface area (Å²) in [5, 5.41) is 0. The average Bonchev–Trinajstić information content (AvgIpc) is 2.45. The molecule has 0 atom stereocenters. The van der Waals surface area contributed by atoms with Gasteiger partial charge in [0.15, 0.2) is 0 Å². The van der Waals surface area contributed by atoms with Crippen LogP contribution in [0.2, 0.25) is 0 Å². The Bertz CT molecular complexity index is 456. The van der Waals surface area contributed by atoms with Gasteiger partial charge < -0.3 is 9.47 Å². The van der Waals surface area contributed by atoms with Crippen molar-refractivity contribution in [1.29, 1.82) is 0 Å². The Morgan fingerprint density at radius 2 is 2.11 bits per heavy atom. The van der Waals surface area contributed by atoms with Crippen molar-refractivity contribution in [2.24, 2.45) is 0 Å².